The predicted molar refractivity (Wildman–Crippen MR) is 150 cm³/mol. The van der Waals surface area contributed by atoms with Crippen LogP contribution in [0.15, 0.2) is 36.1 Å². The molecular weight excluding hydrogens is 570 g/mol. The minimum atomic E-state index is -1.31. The molecule has 3 aromatic rings. The number of carboxylic acids is 1. The third kappa shape index (κ3) is 6.70. The molecule has 0 saturated carbocycles. The van der Waals surface area contributed by atoms with Crippen LogP contribution in [-0.2, 0) is 14.3 Å². The molecule has 1 unspecified atom stereocenters. The molecule has 1 heterocycles. The number of rotatable bonds is 9. The summed E-state index contributed by atoms with van der Waals surface area (Å²) in [5.74, 6) is -2.78. The molecule has 8 nitrogen and oxygen atoms in total. The number of hydrogen-bond donors (Lipinski definition) is 2. The second kappa shape index (κ2) is 12.3. The molecule has 0 aliphatic carbocycles. The summed E-state index contributed by atoms with van der Waals surface area (Å²) >= 11 is 13.6. The molecule has 3 rings (SSSR count). The summed E-state index contributed by atoms with van der Waals surface area (Å²) in [5.41, 5.74) is 0.689. The van der Waals surface area contributed by atoms with Gasteiger partial charge in [-0.05, 0) is 29.7 Å². The monoisotopic (exact) mass is 596 g/mol. The van der Waals surface area contributed by atoms with Crippen LogP contribution in [0.25, 0.3) is 17.3 Å². The molecule has 1 amide bonds. The van der Waals surface area contributed by atoms with Gasteiger partial charge < -0.3 is 19.3 Å². The fourth-order valence-electron chi connectivity index (χ4n) is 3.91. The van der Waals surface area contributed by atoms with Crippen LogP contribution in [0, 0.1) is 11.2 Å². The van der Waals surface area contributed by atoms with Crippen LogP contribution in [0.2, 0.25) is 10.0 Å². The number of aliphatic carboxylic acids is 1. The van der Waals surface area contributed by atoms with Crippen molar-refractivity contribution in [2.24, 2.45) is 5.41 Å². The Labute approximate surface area is 239 Å². The number of amides is 1. The van der Waals surface area contributed by atoms with Crippen molar-refractivity contribution in [1.82, 2.24) is 4.98 Å². The number of carbonyl (C=O) groups is 2. The minimum absolute atomic E-state index is 0.0336. The summed E-state index contributed by atoms with van der Waals surface area (Å²) in [6.07, 6.45) is 0.646. The maximum absolute atomic E-state index is 15.7. The van der Waals surface area contributed by atoms with Gasteiger partial charge >= 0.3 is 5.97 Å². The van der Waals surface area contributed by atoms with Gasteiger partial charge in [0.1, 0.15) is 11.5 Å². The zero-order valence-electron chi connectivity index (χ0n) is 22.0. The van der Waals surface area contributed by atoms with Crippen molar-refractivity contribution in [3.8, 4) is 16.3 Å². The second-order valence-corrected chi connectivity index (χ2v) is 11.2. The number of ether oxygens (including phenoxy) is 3. The second-order valence-electron chi connectivity index (χ2n) is 9.38. The first-order chi connectivity index (χ1) is 18.3. The Hall–Kier alpha value is -3.18. The van der Waals surface area contributed by atoms with Crippen molar-refractivity contribution < 1.29 is 33.3 Å². The Kier molecular flexibility index (Phi) is 9.60. The number of carbonyl (C=O) groups excluding carboxylic acids is 1. The van der Waals surface area contributed by atoms with Crippen molar-refractivity contribution in [2.45, 2.75) is 26.9 Å². The van der Waals surface area contributed by atoms with E-state index in [1.807, 2.05) is 20.8 Å². The van der Waals surface area contributed by atoms with E-state index in [4.69, 9.17) is 42.5 Å². The van der Waals surface area contributed by atoms with E-state index in [1.165, 1.54) is 33.5 Å². The SMILES string of the molecule is CO/C(=C/c1c(Cl)cc(C(=O)Nc2nc(-c3cccc(C(OC)C(C)(C)C)c3F)c(OC)s2)cc1Cl)C(=O)O. The Morgan fingerprint density at radius 2 is 1.79 bits per heavy atom. The average molecular weight is 597 g/mol. The van der Waals surface area contributed by atoms with Gasteiger partial charge in [0.2, 0.25) is 10.8 Å². The van der Waals surface area contributed by atoms with E-state index >= 15 is 4.39 Å². The number of hydrogen-bond acceptors (Lipinski definition) is 7. The van der Waals surface area contributed by atoms with Crippen LogP contribution in [0.1, 0.15) is 48.4 Å². The third-order valence-electron chi connectivity index (χ3n) is 5.64. The molecule has 0 radical (unpaired) electrons. The van der Waals surface area contributed by atoms with Crippen LogP contribution in [0.4, 0.5) is 9.52 Å². The quantitative estimate of drug-likeness (QED) is 0.197. The van der Waals surface area contributed by atoms with Crippen molar-refractivity contribution in [3.05, 3.63) is 68.6 Å². The molecule has 0 aliphatic heterocycles. The van der Waals surface area contributed by atoms with Gasteiger partial charge in [0.15, 0.2) is 5.13 Å². The van der Waals surface area contributed by atoms with Crippen molar-refractivity contribution >= 4 is 57.6 Å². The topological polar surface area (TPSA) is 107 Å². The van der Waals surface area contributed by atoms with E-state index < -0.39 is 23.8 Å². The van der Waals surface area contributed by atoms with E-state index in [0.29, 0.717) is 10.6 Å². The summed E-state index contributed by atoms with van der Waals surface area (Å²) in [6.45, 7) is 5.86. The van der Waals surface area contributed by atoms with Crippen molar-refractivity contribution in [2.75, 3.05) is 26.6 Å². The van der Waals surface area contributed by atoms with Crippen LogP contribution in [0.5, 0.6) is 5.06 Å². The van der Waals surface area contributed by atoms with Crippen molar-refractivity contribution in [3.63, 3.8) is 0 Å². The van der Waals surface area contributed by atoms with E-state index in [0.717, 1.165) is 17.4 Å². The van der Waals surface area contributed by atoms with E-state index in [-0.39, 0.29) is 48.7 Å². The Morgan fingerprint density at radius 1 is 1.15 bits per heavy atom. The van der Waals surface area contributed by atoms with Crippen LogP contribution >= 0.6 is 34.5 Å². The number of carboxylic acid groups (broad SMARTS) is 1. The number of benzene rings is 2. The highest BCUT2D eigenvalue weighted by molar-refractivity contribution is 7.18. The number of nitrogens with zero attached hydrogens (tertiary/aromatic N) is 1. The highest BCUT2D eigenvalue weighted by Gasteiger charge is 2.30. The van der Waals surface area contributed by atoms with Crippen LogP contribution in [0.3, 0.4) is 0 Å². The fraction of sp³-hybridized carbons (Fsp3) is 0.296. The van der Waals surface area contributed by atoms with E-state index in [1.54, 1.807) is 18.2 Å². The lowest BCUT2D eigenvalue weighted by Crippen LogP contribution is -2.21. The van der Waals surface area contributed by atoms with Gasteiger partial charge in [-0.25, -0.2) is 14.2 Å². The number of halogens is 3. The lowest BCUT2D eigenvalue weighted by molar-refractivity contribution is -0.135. The van der Waals surface area contributed by atoms with Gasteiger partial charge in [0.25, 0.3) is 5.91 Å². The normalized spacial score (nSPS) is 12.7. The third-order valence-corrected chi connectivity index (χ3v) is 7.20. The summed E-state index contributed by atoms with van der Waals surface area (Å²) in [6, 6.07) is 7.61. The first-order valence-corrected chi connectivity index (χ1v) is 13.0. The van der Waals surface area contributed by atoms with Crippen molar-refractivity contribution in [1.29, 1.82) is 0 Å². The largest absolute Gasteiger partial charge is 0.490 e. The van der Waals surface area contributed by atoms with E-state index in [2.05, 4.69) is 10.3 Å². The summed E-state index contributed by atoms with van der Waals surface area (Å²) < 4.78 is 31.6. The summed E-state index contributed by atoms with van der Waals surface area (Å²) in [7, 11) is 4.15. The molecule has 12 heteroatoms. The maximum atomic E-state index is 15.7. The standard InChI is InChI=1S/C27H27Cl2FN2O6S/c1-27(2,3)22(37-5)15-9-7-8-14(20(15)30)21-25(38-6)39-26(31-21)32-23(33)13-10-17(28)16(18(29)11-13)12-19(36-4)24(34)35/h7-12,22H,1-6H3,(H,34,35)(H,31,32,33)/b19-12+. The number of aromatic nitrogens is 1. The van der Waals surface area contributed by atoms with Gasteiger partial charge in [-0.3, -0.25) is 10.1 Å². The lowest BCUT2D eigenvalue weighted by atomic mass is 9.83. The van der Waals surface area contributed by atoms with Gasteiger partial charge in [-0.1, -0.05) is 67.4 Å². The Balaban J connectivity index is 1.95. The molecule has 1 aromatic heterocycles. The fourth-order valence-corrected chi connectivity index (χ4v) is 5.30. The average Bonchev–Trinajstić information content (AvgIpc) is 3.26. The molecule has 208 valence electrons. The lowest BCUT2D eigenvalue weighted by Gasteiger charge is -2.30. The molecule has 0 aliphatic rings. The number of methoxy groups -OCH3 is 3. The molecule has 2 N–H and O–H groups in total. The van der Waals surface area contributed by atoms with Crippen LogP contribution < -0.4 is 10.1 Å². The Morgan fingerprint density at radius 3 is 2.31 bits per heavy atom. The van der Waals surface area contributed by atoms with Gasteiger partial charge in [0.05, 0.1) is 30.4 Å². The molecule has 0 spiro atoms. The highest BCUT2D eigenvalue weighted by Crippen LogP contribution is 2.43. The maximum Gasteiger partial charge on any atom is 0.371 e. The predicted octanol–water partition coefficient (Wildman–Crippen LogP) is 7.32. The Bertz CT molecular complexity index is 1410. The van der Waals surface area contributed by atoms with Gasteiger partial charge in [-0.2, -0.15) is 0 Å². The number of nitrogens with one attached hydrogen (secondary N) is 1. The van der Waals surface area contributed by atoms with Gasteiger partial charge in [0, 0.05) is 29.4 Å². The first kappa shape index (κ1) is 30.4. The summed E-state index contributed by atoms with van der Waals surface area (Å²) in [4.78, 5) is 28.7. The first-order valence-electron chi connectivity index (χ1n) is 11.5. The highest BCUT2D eigenvalue weighted by atomic mass is 35.5. The van der Waals surface area contributed by atoms with E-state index in [9.17, 15) is 9.59 Å². The molecule has 0 fully saturated rings. The molecule has 2 aromatic carbocycles. The molecule has 1 atom stereocenters. The zero-order chi connectivity index (χ0) is 29.1. The van der Waals surface area contributed by atoms with Gasteiger partial charge in [-0.15, -0.1) is 0 Å². The number of anilines is 1. The summed E-state index contributed by atoms with van der Waals surface area (Å²) in [5, 5.41) is 12.3. The smallest absolute Gasteiger partial charge is 0.371 e. The van der Waals surface area contributed by atoms with Crippen LogP contribution in [-0.4, -0.2) is 43.3 Å². The molecule has 0 bridgehead atoms. The minimum Gasteiger partial charge on any atom is -0.490 e. The zero-order valence-corrected chi connectivity index (χ0v) is 24.3. The molecular formula is C27H27Cl2FN2O6S. The molecule has 39 heavy (non-hydrogen) atoms. The molecule has 0 saturated heterocycles. The number of thiazole rings is 1.